The first-order valence-corrected chi connectivity index (χ1v) is 0. The Balaban J connectivity index is 0. The van der Waals surface area contributed by atoms with E-state index in [4.69, 9.17) is 0 Å². The minimum absolute atomic E-state index is 0. The van der Waals surface area contributed by atoms with Crippen LogP contribution in [0.1, 0.15) is 0 Å². The zero-order chi connectivity index (χ0) is 0. The van der Waals surface area contributed by atoms with E-state index in [9.17, 15) is 0 Å². The van der Waals surface area contributed by atoms with Gasteiger partial charge < -0.3 is 149 Å². The maximum atomic E-state index is 0. The Labute approximate surface area is 164 Å². The summed E-state index contributed by atoms with van der Waals surface area (Å²) in [4.78, 5) is 0. The van der Waals surface area contributed by atoms with Gasteiger partial charge in [0.2, 0.25) is 0 Å². The van der Waals surface area contributed by atoms with E-state index in [2.05, 4.69) is 0 Å². The Hall–Kier alpha value is 2.88. The molecule has 126 valence electrons. The molecule has 0 fully saturated rings. The molecule has 0 unspecified atom stereocenters. The van der Waals surface area contributed by atoms with Gasteiger partial charge in [-0.15, -0.1) is 0 Å². The third kappa shape index (κ3) is 514. The molecule has 0 saturated carbocycles. The third-order valence-corrected chi connectivity index (χ3v) is 0. The van der Waals surface area contributed by atoms with Crippen LogP contribution in [0.15, 0.2) is 0 Å². The molecular formula is H24Cl9CoN6. The zero-order valence-electron chi connectivity index (χ0n) is 9.74. The van der Waals surface area contributed by atoms with E-state index in [-0.39, 0.29) is 165 Å². The van der Waals surface area contributed by atoms with E-state index in [0.29, 0.717) is 0 Å². The minimum Gasteiger partial charge on any atom is -1.00 e. The van der Waals surface area contributed by atoms with Crippen molar-refractivity contribution in [3.05, 3.63) is 0 Å². The van der Waals surface area contributed by atoms with Crippen molar-refractivity contribution in [1.82, 2.24) is 36.9 Å². The molecule has 0 aromatic heterocycles. The van der Waals surface area contributed by atoms with E-state index in [1.54, 1.807) is 0 Å². The van der Waals surface area contributed by atoms with Crippen molar-refractivity contribution in [3.63, 3.8) is 0 Å². The van der Waals surface area contributed by atoms with Crippen LogP contribution in [0.25, 0.3) is 0 Å². The van der Waals surface area contributed by atoms with Gasteiger partial charge in [-0.1, -0.05) is 0 Å². The molecule has 0 aliphatic rings. The molecular weight excluding hydrogens is 462 g/mol. The molecule has 16 heteroatoms. The van der Waals surface area contributed by atoms with Crippen molar-refractivity contribution in [2.45, 2.75) is 0 Å². The number of hydrogen-bond donors (Lipinski definition) is 6. The fraction of sp³-hybridized carbons (Fsp3) is 0. The van der Waals surface area contributed by atoms with E-state index in [0.717, 1.165) is 0 Å². The second kappa shape index (κ2) is 615. The fourth-order valence-corrected chi connectivity index (χ4v) is 0. The number of quaternary nitrogens is 6. The first-order chi connectivity index (χ1) is 0. The summed E-state index contributed by atoms with van der Waals surface area (Å²) in [6, 6.07) is 0. The Morgan fingerprint density at radius 3 is 0.188 bits per heavy atom. The summed E-state index contributed by atoms with van der Waals surface area (Å²) in [7, 11) is 0. The monoisotopic (exact) mass is 482 g/mol. The summed E-state index contributed by atoms with van der Waals surface area (Å²) < 4.78 is 0. The van der Waals surface area contributed by atoms with Crippen LogP contribution in [0.3, 0.4) is 0 Å². The Bertz CT molecular complexity index is 20.0. The van der Waals surface area contributed by atoms with Gasteiger partial charge in [0.25, 0.3) is 0 Å². The third-order valence-electron chi connectivity index (χ3n) is 0. The van der Waals surface area contributed by atoms with Crippen LogP contribution in [0.2, 0.25) is 0 Å². The van der Waals surface area contributed by atoms with Gasteiger partial charge in [-0.05, 0) is 0 Å². The van der Waals surface area contributed by atoms with Crippen molar-refractivity contribution < 1.29 is 128 Å². The van der Waals surface area contributed by atoms with Crippen molar-refractivity contribution in [2.75, 3.05) is 0 Å². The van der Waals surface area contributed by atoms with Gasteiger partial charge in [0.1, 0.15) is 0 Å². The van der Waals surface area contributed by atoms with E-state index in [1.165, 1.54) is 0 Å². The van der Waals surface area contributed by atoms with Crippen LogP contribution in [0.4, 0.5) is 0 Å². The molecule has 0 amide bonds. The molecule has 0 radical (unpaired) electrons. The van der Waals surface area contributed by atoms with Gasteiger partial charge in [0.15, 0.2) is 0 Å². The maximum Gasteiger partial charge on any atom is 3.00 e. The Morgan fingerprint density at radius 1 is 0.188 bits per heavy atom. The van der Waals surface area contributed by atoms with Gasteiger partial charge in [-0.25, -0.2) is 0 Å². The molecule has 0 bridgehead atoms. The van der Waals surface area contributed by atoms with Gasteiger partial charge in [-0.3, -0.25) is 0 Å². The molecule has 0 atom stereocenters. The van der Waals surface area contributed by atoms with Crippen molar-refractivity contribution in [2.24, 2.45) is 0 Å². The van der Waals surface area contributed by atoms with Crippen LogP contribution >= 0.6 is 0 Å². The maximum absolute atomic E-state index is 0. The summed E-state index contributed by atoms with van der Waals surface area (Å²) in [5.74, 6) is 0. The Morgan fingerprint density at radius 2 is 0.188 bits per heavy atom. The van der Waals surface area contributed by atoms with Crippen molar-refractivity contribution >= 4 is 0 Å². The predicted molar refractivity (Wildman–Crippen MR) is 35.9 cm³/mol. The van der Waals surface area contributed by atoms with Gasteiger partial charge >= 0.3 is 16.8 Å². The molecule has 0 heterocycles. The molecule has 0 aromatic carbocycles. The fourth-order valence-electron chi connectivity index (χ4n) is 0. The molecule has 6 nitrogen and oxygen atoms in total. The molecule has 0 spiro atoms. The molecule has 0 saturated heterocycles. The van der Waals surface area contributed by atoms with E-state index in [1.807, 2.05) is 0 Å². The quantitative estimate of drug-likeness (QED) is 0.188. The van der Waals surface area contributed by atoms with Crippen LogP contribution in [-0.4, -0.2) is 0 Å². The van der Waals surface area contributed by atoms with Gasteiger partial charge in [-0.2, -0.15) is 0 Å². The average molecular weight is 486 g/mol. The van der Waals surface area contributed by atoms with Crippen molar-refractivity contribution in [1.29, 1.82) is 0 Å². The largest absolute Gasteiger partial charge is 3.00 e. The molecule has 0 rings (SSSR count). The summed E-state index contributed by atoms with van der Waals surface area (Å²) in [6.07, 6.45) is 0. The molecule has 0 aliphatic heterocycles. The molecule has 0 aromatic rings. The van der Waals surface area contributed by atoms with Crippen LogP contribution in [-0.2, 0) is 16.8 Å². The van der Waals surface area contributed by atoms with E-state index < -0.39 is 0 Å². The molecule has 16 heavy (non-hydrogen) atoms. The average Bonchev–Trinajstić information content (AvgIpc) is 0. The van der Waals surface area contributed by atoms with Crippen molar-refractivity contribution in [3.8, 4) is 0 Å². The minimum atomic E-state index is 0. The number of halogens is 9. The number of rotatable bonds is 0. The standard InChI is InChI=1S/9ClH.Co.6H3N/h9*1H;;6*1H3/q;;;;;;;;;+3;;;;;;/p-3. The first-order valence-electron chi connectivity index (χ1n) is 0. The zero-order valence-corrected chi connectivity index (χ0v) is 17.6. The summed E-state index contributed by atoms with van der Waals surface area (Å²) in [5, 5.41) is 0. The summed E-state index contributed by atoms with van der Waals surface area (Å²) in [5.41, 5.74) is 0. The normalized spacial score (nSPS) is 0. The van der Waals surface area contributed by atoms with Crippen LogP contribution in [0.5, 0.6) is 0 Å². The van der Waals surface area contributed by atoms with Crippen LogP contribution in [0, 0.1) is 0 Å². The SMILES string of the molecule is [Cl-].[Cl-].[Cl-].[Cl-].[Cl-].[Cl-].[Cl-].[Cl-].[Cl-].[Co+3].[NH4+].[NH4+].[NH4+].[NH4+].[NH4+].[NH4+]. The predicted octanol–water partition coefficient (Wildman–Crippen LogP) is -24.7. The molecule has 0 aliphatic carbocycles. The summed E-state index contributed by atoms with van der Waals surface area (Å²) >= 11 is 0. The Kier molecular flexibility index (Phi) is 28000. The first kappa shape index (κ1) is 729. The topological polar surface area (TPSA) is 219 Å². The number of hydrogen-bond acceptors (Lipinski definition) is 0. The summed E-state index contributed by atoms with van der Waals surface area (Å²) in [6.45, 7) is 0. The second-order valence-electron chi connectivity index (χ2n) is 0. The smallest absolute Gasteiger partial charge is 1.00 e. The molecule has 24 N–H and O–H groups in total. The van der Waals surface area contributed by atoms with Crippen LogP contribution < -0.4 is 149 Å². The van der Waals surface area contributed by atoms with Gasteiger partial charge in [0.05, 0.1) is 0 Å². The van der Waals surface area contributed by atoms with E-state index >= 15 is 0 Å². The second-order valence-corrected chi connectivity index (χ2v) is 0. The van der Waals surface area contributed by atoms with Gasteiger partial charge in [0, 0.05) is 0 Å².